The number of fused-ring (bicyclic) bond motifs is 1. The molecule has 1 aliphatic rings. The van der Waals surface area contributed by atoms with E-state index >= 15 is 0 Å². The van der Waals surface area contributed by atoms with Crippen LogP contribution in [0.25, 0.3) is 0 Å². The molecule has 4 rings (SSSR count). The minimum absolute atomic E-state index is 0.0635. The van der Waals surface area contributed by atoms with Crippen LogP contribution in [-0.2, 0) is 31.4 Å². The van der Waals surface area contributed by atoms with Crippen LogP contribution in [0.5, 0.6) is 11.5 Å². The number of aryl methyl sites for hydroxylation is 2. The molecule has 0 bridgehead atoms. The third kappa shape index (κ3) is 4.77. The number of carboxylic acids is 2. The van der Waals surface area contributed by atoms with Gasteiger partial charge in [-0.05, 0) is 59.9 Å². The van der Waals surface area contributed by atoms with Crippen molar-refractivity contribution < 1.29 is 38.4 Å². The first-order valence-corrected chi connectivity index (χ1v) is 13.1. The monoisotopic (exact) mass is 525 g/mol. The van der Waals surface area contributed by atoms with Gasteiger partial charge in [0.2, 0.25) is 0 Å². The second kappa shape index (κ2) is 9.53. The van der Waals surface area contributed by atoms with Crippen molar-refractivity contribution in [1.29, 1.82) is 0 Å². The third-order valence-corrected chi connectivity index (χ3v) is 8.60. The fraction of sp³-hybridized carbons (Fsp3) is 0.259. The molecule has 3 aromatic rings. The molecule has 4 N–H and O–H groups in total. The highest BCUT2D eigenvalue weighted by atomic mass is 32.2. The van der Waals surface area contributed by atoms with Crippen LogP contribution in [-0.4, -0.2) is 64.5 Å². The van der Waals surface area contributed by atoms with Gasteiger partial charge in [-0.15, -0.1) is 0 Å². The molecular formula is C27H27NO8S. The fourth-order valence-corrected chi connectivity index (χ4v) is 7.18. The molecule has 0 saturated carbocycles. The number of carbonyl (C=O) groups is 2. The maximum Gasteiger partial charge on any atom is 0.317 e. The van der Waals surface area contributed by atoms with Crippen LogP contribution in [0, 0.1) is 13.8 Å². The number of carboxylic acid groups (broad SMARTS) is 2. The average molecular weight is 526 g/mol. The summed E-state index contributed by atoms with van der Waals surface area (Å²) in [6.45, 7) is 2.05. The lowest BCUT2D eigenvalue weighted by molar-refractivity contribution is -0.142. The van der Waals surface area contributed by atoms with Gasteiger partial charge < -0.3 is 20.4 Å². The Kier molecular flexibility index (Phi) is 6.74. The zero-order chi connectivity index (χ0) is 27.1. The maximum atomic E-state index is 13.4. The fourth-order valence-electron chi connectivity index (χ4n) is 5.11. The molecule has 0 aromatic heterocycles. The van der Waals surface area contributed by atoms with Gasteiger partial charge in [-0.1, -0.05) is 36.4 Å². The lowest BCUT2D eigenvalue weighted by Crippen LogP contribution is -2.35. The molecule has 0 radical (unpaired) electrons. The molecule has 3 aromatic carbocycles. The van der Waals surface area contributed by atoms with Gasteiger partial charge in [-0.25, -0.2) is 8.42 Å². The minimum atomic E-state index is -3.71. The standard InChI is InChI=1S/C27H27NO8S/c1-16-9-19(7-8-22(16)29)27(15-37(35,36)23-6-4-3-5-21(23)27)20-10-17(2)26(34)18(11-20)12-28(13-24(30)31)14-25(32)33/h3-11,29,34H,12-15H2,1-2H3,(H,30,31)(H,32,33)/t27-/m1/s1. The van der Waals surface area contributed by atoms with Crippen molar-refractivity contribution in [2.45, 2.75) is 30.7 Å². The summed E-state index contributed by atoms with van der Waals surface area (Å²) in [5, 5.41) is 39.5. The van der Waals surface area contributed by atoms with E-state index in [1.165, 1.54) is 11.0 Å². The molecule has 10 heteroatoms. The predicted octanol–water partition coefficient (Wildman–Crippen LogP) is 2.81. The SMILES string of the molecule is Cc1cc([C@@]2(c3cc(C)c(O)c(CN(CC(=O)O)CC(=O)O)c3)CS(=O)(=O)c3ccccc32)ccc1O. The van der Waals surface area contributed by atoms with Gasteiger partial charge in [0.25, 0.3) is 0 Å². The quantitative estimate of drug-likeness (QED) is 0.348. The maximum absolute atomic E-state index is 13.4. The van der Waals surface area contributed by atoms with E-state index in [9.17, 15) is 38.4 Å². The smallest absolute Gasteiger partial charge is 0.317 e. The van der Waals surface area contributed by atoms with E-state index < -0.39 is 40.3 Å². The summed E-state index contributed by atoms with van der Waals surface area (Å²) in [5.74, 6) is -2.80. The molecule has 1 aliphatic heterocycles. The van der Waals surface area contributed by atoms with E-state index in [-0.39, 0.29) is 34.3 Å². The Morgan fingerprint density at radius 1 is 0.892 bits per heavy atom. The number of nitrogens with zero attached hydrogens (tertiary/aromatic N) is 1. The van der Waals surface area contributed by atoms with Gasteiger partial charge in [0, 0.05) is 12.1 Å². The van der Waals surface area contributed by atoms with Gasteiger partial charge in [-0.2, -0.15) is 0 Å². The lowest BCUT2D eigenvalue weighted by Gasteiger charge is -2.32. The molecule has 0 fully saturated rings. The van der Waals surface area contributed by atoms with Crippen molar-refractivity contribution in [2.24, 2.45) is 0 Å². The summed E-state index contributed by atoms with van der Waals surface area (Å²) in [6.07, 6.45) is 0. The highest BCUT2D eigenvalue weighted by Gasteiger charge is 2.49. The number of hydrogen-bond acceptors (Lipinski definition) is 7. The van der Waals surface area contributed by atoms with Crippen LogP contribution in [0.15, 0.2) is 59.5 Å². The molecule has 0 aliphatic carbocycles. The number of hydrogen-bond donors (Lipinski definition) is 4. The summed E-state index contributed by atoms with van der Waals surface area (Å²) in [4.78, 5) is 24.0. The molecule has 1 atom stereocenters. The number of phenols is 2. The van der Waals surface area contributed by atoms with Gasteiger partial charge in [-0.3, -0.25) is 14.5 Å². The summed E-state index contributed by atoms with van der Waals surface area (Å²) in [6, 6.07) is 14.9. The predicted molar refractivity (Wildman–Crippen MR) is 135 cm³/mol. The Morgan fingerprint density at radius 3 is 2.14 bits per heavy atom. The second-order valence-electron chi connectivity index (χ2n) is 9.40. The van der Waals surface area contributed by atoms with Crippen LogP contribution < -0.4 is 0 Å². The van der Waals surface area contributed by atoms with Crippen molar-refractivity contribution in [3.05, 3.63) is 88.0 Å². The molecule has 0 spiro atoms. The summed E-state index contributed by atoms with van der Waals surface area (Å²) >= 11 is 0. The van der Waals surface area contributed by atoms with Crippen LogP contribution in [0.3, 0.4) is 0 Å². The molecule has 0 saturated heterocycles. The lowest BCUT2D eigenvalue weighted by atomic mass is 9.70. The number of aliphatic carboxylic acids is 2. The Morgan fingerprint density at radius 2 is 1.51 bits per heavy atom. The Labute approximate surface area is 214 Å². The second-order valence-corrected chi connectivity index (χ2v) is 11.4. The molecule has 9 nitrogen and oxygen atoms in total. The van der Waals surface area contributed by atoms with Crippen LogP contribution in [0.4, 0.5) is 0 Å². The van der Waals surface area contributed by atoms with Crippen LogP contribution in [0.2, 0.25) is 0 Å². The average Bonchev–Trinajstić information content (AvgIpc) is 3.06. The number of benzene rings is 3. The summed E-state index contributed by atoms with van der Waals surface area (Å²) in [7, 11) is -3.71. The first-order chi connectivity index (χ1) is 17.3. The highest BCUT2D eigenvalue weighted by molar-refractivity contribution is 7.91. The number of aromatic hydroxyl groups is 2. The number of phenolic OH excluding ortho intramolecular Hbond substituents is 2. The first-order valence-electron chi connectivity index (χ1n) is 11.5. The largest absolute Gasteiger partial charge is 0.508 e. The summed E-state index contributed by atoms with van der Waals surface area (Å²) in [5.41, 5.74) is 1.78. The third-order valence-electron chi connectivity index (χ3n) is 6.76. The van der Waals surface area contributed by atoms with E-state index in [0.29, 0.717) is 27.8 Å². The van der Waals surface area contributed by atoms with Crippen LogP contribution in [0.1, 0.15) is 33.4 Å². The zero-order valence-corrected chi connectivity index (χ0v) is 21.1. The topological polar surface area (TPSA) is 152 Å². The van der Waals surface area contributed by atoms with Gasteiger partial charge in [0.15, 0.2) is 9.84 Å². The molecule has 0 amide bonds. The Hall–Kier alpha value is -3.89. The van der Waals surface area contributed by atoms with E-state index in [2.05, 4.69) is 0 Å². The number of sulfone groups is 1. The van der Waals surface area contributed by atoms with Crippen molar-refractivity contribution in [3.63, 3.8) is 0 Å². The Bertz CT molecular complexity index is 1500. The van der Waals surface area contributed by atoms with E-state index in [0.717, 1.165) is 0 Å². The van der Waals surface area contributed by atoms with E-state index in [1.54, 1.807) is 62.4 Å². The van der Waals surface area contributed by atoms with E-state index in [1.807, 2.05) is 0 Å². The van der Waals surface area contributed by atoms with Gasteiger partial charge in [0.1, 0.15) is 11.5 Å². The van der Waals surface area contributed by atoms with Gasteiger partial charge in [0.05, 0.1) is 29.2 Å². The molecule has 37 heavy (non-hydrogen) atoms. The van der Waals surface area contributed by atoms with Gasteiger partial charge >= 0.3 is 11.9 Å². The van der Waals surface area contributed by atoms with E-state index in [4.69, 9.17) is 0 Å². The molecule has 194 valence electrons. The Balaban J connectivity index is 1.98. The summed E-state index contributed by atoms with van der Waals surface area (Å²) < 4.78 is 26.8. The molecular weight excluding hydrogens is 498 g/mol. The van der Waals surface area contributed by atoms with Crippen molar-refractivity contribution >= 4 is 21.8 Å². The van der Waals surface area contributed by atoms with Crippen molar-refractivity contribution in [2.75, 3.05) is 18.8 Å². The van der Waals surface area contributed by atoms with Crippen molar-refractivity contribution in [1.82, 2.24) is 4.90 Å². The first kappa shape index (κ1) is 26.2. The normalized spacial score (nSPS) is 18.0. The van der Waals surface area contributed by atoms with Crippen molar-refractivity contribution in [3.8, 4) is 11.5 Å². The number of rotatable bonds is 8. The molecule has 0 unspecified atom stereocenters. The van der Waals surface area contributed by atoms with Crippen LogP contribution >= 0.6 is 0 Å². The minimum Gasteiger partial charge on any atom is -0.508 e. The highest BCUT2D eigenvalue weighted by Crippen LogP contribution is 2.50. The molecule has 1 heterocycles. The zero-order valence-electron chi connectivity index (χ0n) is 20.3.